The minimum absolute atomic E-state index is 0.271. The number of halogens is 1. The van der Waals surface area contributed by atoms with Gasteiger partial charge in [-0.15, -0.1) is 0 Å². The zero-order valence-electron chi connectivity index (χ0n) is 15.3. The Hall–Kier alpha value is -1.86. The van der Waals surface area contributed by atoms with Gasteiger partial charge in [-0.05, 0) is 43.4 Å². The van der Waals surface area contributed by atoms with E-state index in [1.807, 2.05) is 0 Å². The topological polar surface area (TPSA) is 66.3 Å². The number of likely N-dealkylation sites (tertiary alicyclic amines) is 1. The van der Waals surface area contributed by atoms with Gasteiger partial charge in [-0.1, -0.05) is 6.07 Å². The largest absolute Gasteiger partial charge is 0.505 e. The van der Waals surface area contributed by atoms with Crippen molar-refractivity contribution in [3.05, 3.63) is 29.6 Å². The van der Waals surface area contributed by atoms with Crippen molar-refractivity contribution in [2.45, 2.75) is 44.4 Å². The van der Waals surface area contributed by atoms with Crippen LogP contribution in [0.1, 0.15) is 31.2 Å². The van der Waals surface area contributed by atoms with Gasteiger partial charge in [0.15, 0.2) is 17.5 Å². The Kier molecular flexibility index (Phi) is 6.68. The van der Waals surface area contributed by atoms with Gasteiger partial charge in [0.1, 0.15) is 0 Å². The Bertz CT molecular complexity index is 612. The maximum Gasteiger partial charge on any atom is 0.193 e. The monoisotopic (exact) mass is 365 g/mol. The second kappa shape index (κ2) is 9.19. The first-order chi connectivity index (χ1) is 12.7. The van der Waals surface area contributed by atoms with Crippen LogP contribution in [0.4, 0.5) is 4.39 Å². The second-order valence-electron chi connectivity index (χ2n) is 6.84. The highest BCUT2D eigenvalue weighted by Crippen LogP contribution is 2.18. The summed E-state index contributed by atoms with van der Waals surface area (Å²) in [5.41, 5.74) is 0.760. The molecule has 1 unspecified atom stereocenters. The quantitative estimate of drug-likeness (QED) is 0.619. The van der Waals surface area contributed by atoms with E-state index in [0.717, 1.165) is 56.9 Å². The Morgan fingerprint density at radius 1 is 1.38 bits per heavy atom. The molecule has 0 spiro atoms. The minimum atomic E-state index is -0.608. The number of benzene rings is 1. The van der Waals surface area contributed by atoms with E-state index in [1.54, 1.807) is 13.1 Å². The van der Waals surface area contributed by atoms with Crippen LogP contribution in [0.5, 0.6) is 5.75 Å². The number of nitrogens with one attached hydrogen (secondary N) is 1. The highest BCUT2D eigenvalue weighted by Gasteiger charge is 2.24. The van der Waals surface area contributed by atoms with E-state index in [0.29, 0.717) is 13.2 Å². The number of piperidine rings is 1. The number of phenolic OH excluding ortho intramolecular Hbond substituents is 1. The van der Waals surface area contributed by atoms with E-state index in [9.17, 15) is 9.50 Å². The Labute approximate surface area is 154 Å². The lowest BCUT2D eigenvalue weighted by Gasteiger charge is -2.34. The van der Waals surface area contributed by atoms with Gasteiger partial charge in [0.25, 0.3) is 0 Å². The molecule has 0 bridgehead atoms. The zero-order chi connectivity index (χ0) is 18.4. The first-order valence-electron chi connectivity index (χ1n) is 9.32. The van der Waals surface area contributed by atoms with Crippen LogP contribution >= 0.6 is 0 Å². The average Bonchev–Trinajstić information content (AvgIpc) is 3.18. The van der Waals surface area contributed by atoms with Gasteiger partial charge in [-0.25, -0.2) is 4.39 Å². The number of aromatic hydroxyl groups is 1. The van der Waals surface area contributed by atoms with Crippen LogP contribution in [-0.4, -0.2) is 61.5 Å². The number of ether oxygens (including phenoxy) is 2. The number of guanidine groups is 1. The number of rotatable bonds is 5. The number of hydrogen-bond donors (Lipinski definition) is 2. The standard InChI is InChI=1S/C19H28FN3O3/c1-21-19(22-12-14-4-5-18(24)17(20)11-14)23-8-6-15(7-9-23)26-13-16-3-2-10-25-16/h4-5,11,15-16,24H,2-3,6-10,12-13H2,1H3,(H,21,22). The fourth-order valence-electron chi connectivity index (χ4n) is 3.43. The van der Waals surface area contributed by atoms with Crippen molar-refractivity contribution >= 4 is 5.96 Å². The summed E-state index contributed by atoms with van der Waals surface area (Å²) in [5.74, 6) is -0.136. The lowest BCUT2D eigenvalue weighted by Crippen LogP contribution is -2.47. The smallest absolute Gasteiger partial charge is 0.193 e. The van der Waals surface area contributed by atoms with E-state index in [-0.39, 0.29) is 18.0 Å². The van der Waals surface area contributed by atoms with Crippen LogP contribution < -0.4 is 5.32 Å². The summed E-state index contributed by atoms with van der Waals surface area (Å²) in [5, 5.41) is 12.5. The van der Waals surface area contributed by atoms with Crippen molar-refractivity contribution in [2.75, 3.05) is 33.4 Å². The maximum absolute atomic E-state index is 13.4. The predicted molar refractivity (Wildman–Crippen MR) is 97.8 cm³/mol. The van der Waals surface area contributed by atoms with Crippen molar-refractivity contribution in [3.8, 4) is 5.75 Å². The van der Waals surface area contributed by atoms with Crippen LogP contribution in [-0.2, 0) is 16.0 Å². The zero-order valence-corrected chi connectivity index (χ0v) is 15.3. The van der Waals surface area contributed by atoms with Crippen LogP contribution in [0.15, 0.2) is 23.2 Å². The summed E-state index contributed by atoms with van der Waals surface area (Å²) < 4.78 is 25.0. The predicted octanol–water partition coefficient (Wildman–Crippen LogP) is 2.27. The van der Waals surface area contributed by atoms with E-state index in [1.165, 1.54) is 12.1 Å². The Morgan fingerprint density at radius 2 is 2.19 bits per heavy atom. The number of phenols is 1. The van der Waals surface area contributed by atoms with Gasteiger partial charge in [-0.2, -0.15) is 0 Å². The van der Waals surface area contributed by atoms with E-state index < -0.39 is 5.82 Å². The molecule has 2 fully saturated rings. The summed E-state index contributed by atoms with van der Waals surface area (Å²) in [6.07, 6.45) is 4.71. The third-order valence-corrected chi connectivity index (χ3v) is 4.96. The Balaban J connectivity index is 1.42. The molecule has 6 nitrogen and oxygen atoms in total. The molecule has 1 aromatic carbocycles. The normalized spacial score (nSPS) is 22.0. The molecule has 0 aliphatic carbocycles. The molecule has 2 aliphatic heterocycles. The Morgan fingerprint density at radius 3 is 2.85 bits per heavy atom. The summed E-state index contributed by atoms with van der Waals surface area (Å²) in [6, 6.07) is 4.40. The van der Waals surface area contributed by atoms with E-state index >= 15 is 0 Å². The maximum atomic E-state index is 13.4. The lowest BCUT2D eigenvalue weighted by molar-refractivity contribution is -0.0367. The third kappa shape index (κ3) is 5.08. The van der Waals surface area contributed by atoms with Gasteiger partial charge in [0, 0.05) is 33.3 Å². The molecule has 0 amide bonds. The fourth-order valence-corrected chi connectivity index (χ4v) is 3.43. The molecular formula is C19H28FN3O3. The van der Waals surface area contributed by atoms with Gasteiger partial charge < -0.3 is 24.8 Å². The summed E-state index contributed by atoms with van der Waals surface area (Å²) in [6.45, 7) is 3.77. The van der Waals surface area contributed by atoms with Crippen molar-refractivity contribution in [2.24, 2.45) is 4.99 Å². The van der Waals surface area contributed by atoms with E-state index in [4.69, 9.17) is 9.47 Å². The van der Waals surface area contributed by atoms with Crippen LogP contribution in [0, 0.1) is 5.82 Å². The van der Waals surface area contributed by atoms with Gasteiger partial charge in [0.05, 0.1) is 18.8 Å². The number of hydrogen-bond acceptors (Lipinski definition) is 4. The van der Waals surface area contributed by atoms with Gasteiger partial charge >= 0.3 is 0 Å². The first kappa shape index (κ1) is 18.9. The van der Waals surface area contributed by atoms with E-state index in [2.05, 4.69) is 15.2 Å². The van der Waals surface area contributed by atoms with Crippen LogP contribution in [0.3, 0.4) is 0 Å². The number of aliphatic imine (C=N–C) groups is 1. The van der Waals surface area contributed by atoms with Gasteiger partial charge in [-0.3, -0.25) is 4.99 Å². The fraction of sp³-hybridized carbons (Fsp3) is 0.632. The molecule has 3 rings (SSSR count). The molecule has 0 saturated carbocycles. The summed E-state index contributed by atoms with van der Waals surface area (Å²) in [7, 11) is 1.75. The summed E-state index contributed by atoms with van der Waals surface area (Å²) in [4.78, 5) is 6.53. The summed E-state index contributed by atoms with van der Waals surface area (Å²) >= 11 is 0. The molecule has 2 heterocycles. The highest BCUT2D eigenvalue weighted by molar-refractivity contribution is 5.79. The van der Waals surface area contributed by atoms with Gasteiger partial charge in [0.2, 0.25) is 0 Å². The number of nitrogens with zero attached hydrogens (tertiary/aromatic N) is 2. The molecule has 1 aromatic rings. The molecule has 26 heavy (non-hydrogen) atoms. The average molecular weight is 365 g/mol. The SMILES string of the molecule is CN=C(NCc1ccc(O)c(F)c1)N1CCC(OCC2CCCO2)CC1. The molecular weight excluding hydrogens is 337 g/mol. The molecule has 2 N–H and O–H groups in total. The molecule has 1 atom stereocenters. The molecule has 144 valence electrons. The van der Waals surface area contributed by atoms with Crippen molar-refractivity contribution in [1.82, 2.24) is 10.2 Å². The molecule has 7 heteroatoms. The lowest BCUT2D eigenvalue weighted by atomic mass is 10.1. The van der Waals surface area contributed by atoms with Crippen molar-refractivity contribution in [1.29, 1.82) is 0 Å². The van der Waals surface area contributed by atoms with Crippen LogP contribution in [0.2, 0.25) is 0 Å². The molecule has 2 aliphatic rings. The van der Waals surface area contributed by atoms with Crippen molar-refractivity contribution in [3.63, 3.8) is 0 Å². The highest BCUT2D eigenvalue weighted by atomic mass is 19.1. The van der Waals surface area contributed by atoms with Crippen molar-refractivity contribution < 1.29 is 19.0 Å². The molecule has 2 saturated heterocycles. The van der Waals surface area contributed by atoms with Crippen LogP contribution in [0.25, 0.3) is 0 Å². The third-order valence-electron chi connectivity index (χ3n) is 4.96. The molecule has 0 radical (unpaired) electrons. The second-order valence-corrected chi connectivity index (χ2v) is 6.84. The minimum Gasteiger partial charge on any atom is -0.505 e. The first-order valence-corrected chi connectivity index (χ1v) is 9.32. The molecule has 0 aromatic heterocycles.